The number of benzene rings is 1. The molecular formula is C16H19N5. The largest absolute Gasteiger partial charge is 0.382 e. The van der Waals surface area contributed by atoms with E-state index in [1.807, 2.05) is 27.8 Å². The lowest BCUT2D eigenvalue weighted by Gasteiger charge is -2.05. The molecular weight excluding hydrogens is 262 g/mol. The number of rotatable bonds is 5. The Balaban J connectivity index is 1.69. The Hall–Kier alpha value is -2.56. The molecule has 0 aliphatic heterocycles. The molecule has 0 bridgehead atoms. The topological polar surface area (TPSA) is 61.7 Å². The first-order chi connectivity index (χ1) is 10.2. The number of nitrogens with zero attached hydrogens (tertiary/aromatic N) is 4. The molecule has 5 heteroatoms. The summed E-state index contributed by atoms with van der Waals surface area (Å²) in [4.78, 5) is 0. The van der Waals surface area contributed by atoms with E-state index in [0.717, 1.165) is 25.1 Å². The van der Waals surface area contributed by atoms with Gasteiger partial charge in [0.2, 0.25) is 0 Å². The van der Waals surface area contributed by atoms with Gasteiger partial charge in [0, 0.05) is 24.2 Å². The number of hydrogen-bond donors (Lipinski definition) is 1. The Morgan fingerprint density at radius 1 is 1.05 bits per heavy atom. The van der Waals surface area contributed by atoms with Crippen molar-refractivity contribution in [3.8, 4) is 0 Å². The zero-order valence-electron chi connectivity index (χ0n) is 12.1. The quantitative estimate of drug-likeness (QED) is 0.780. The van der Waals surface area contributed by atoms with Crippen molar-refractivity contribution in [2.45, 2.75) is 26.4 Å². The molecule has 0 atom stereocenters. The molecule has 2 N–H and O–H groups in total. The Bertz CT molecular complexity index is 695. The fourth-order valence-electron chi connectivity index (χ4n) is 2.35. The van der Waals surface area contributed by atoms with E-state index in [4.69, 9.17) is 5.73 Å². The maximum Gasteiger partial charge on any atom is 0.148 e. The second-order valence-corrected chi connectivity index (χ2v) is 5.11. The highest BCUT2D eigenvalue weighted by molar-refractivity contribution is 5.37. The summed E-state index contributed by atoms with van der Waals surface area (Å²) in [5.74, 6) is 0.632. The number of hydrogen-bond acceptors (Lipinski definition) is 3. The van der Waals surface area contributed by atoms with Gasteiger partial charge in [-0.3, -0.25) is 9.36 Å². The normalized spacial score (nSPS) is 10.9. The van der Waals surface area contributed by atoms with Crippen molar-refractivity contribution in [1.82, 2.24) is 19.6 Å². The van der Waals surface area contributed by atoms with Crippen LogP contribution in [0.25, 0.3) is 0 Å². The average Bonchev–Trinajstić information content (AvgIpc) is 3.10. The van der Waals surface area contributed by atoms with Crippen LogP contribution in [0.1, 0.15) is 23.6 Å². The lowest BCUT2D eigenvalue weighted by Crippen LogP contribution is -2.02. The maximum absolute atomic E-state index is 5.86. The minimum Gasteiger partial charge on any atom is -0.382 e. The molecule has 3 aromatic rings. The molecule has 3 rings (SSSR count). The summed E-state index contributed by atoms with van der Waals surface area (Å²) in [5, 5.41) is 8.55. The number of nitrogens with two attached hydrogens (primary N) is 1. The molecule has 0 aliphatic carbocycles. The molecule has 0 saturated carbocycles. The van der Waals surface area contributed by atoms with E-state index in [0.29, 0.717) is 5.82 Å². The Labute approximate surface area is 124 Å². The van der Waals surface area contributed by atoms with Crippen LogP contribution in [0.15, 0.2) is 48.9 Å². The van der Waals surface area contributed by atoms with E-state index in [2.05, 4.69) is 41.4 Å². The summed E-state index contributed by atoms with van der Waals surface area (Å²) in [6.07, 6.45) is 6.69. The molecule has 0 saturated heterocycles. The van der Waals surface area contributed by atoms with Gasteiger partial charge in [-0.25, -0.2) is 0 Å². The molecule has 2 heterocycles. The van der Waals surface area contributed by atoms with Crippen LogP contribution in [-0.2, 0) is 19.5 Å². The third-order valence-electron chi connectivity index (χ3n) is 3.52. The van der Waals surface area contributed by atoms with Gasteiger partial charge < -0.3 is 5.73 Å². The van der Waals surface area contributed by atoms with Crippen LogP contribution >= 0.6 is 0 Å². The predicted molar refractivity (Wildman–Crippen MR) is 82.9 cm³/mol. The van der Waals surface area contributed by atoms with Crippen molar-refractivity contribution in [3.63, 3.8) is 0 Å². The fraction of sp³-hybridized carbons (Fsp3) is 0.250. The summed E-state index contributed by atoms with van der Waals surface area (Å²) in [6.45, 7) is 3.62. The monoisotopic (exact) mass is 281 g/mol. The fourth-order valence-corrected chi connectivity index (χ4v) is 2.35. The van der Waals surface area contributed by atoms with Crippen LogP contribution in [0.5, 0.6) is 0 Å². The number of aromatic nitrogens is 4. The smallest absolute Gasteiger partial charge is 0.148 e. The number of aryl methyl sites for hydroxylation is 1. The van der Waals surface area contributed by atoms with Gasteiger partial charge in [-0.15, -0.1) is 0 Å². The molecule has 0 fully saturated rings. The van der Waals surface area contributed by atoms with Gasteiger partial charge >= 0.3 is 0 Å². The number of nitrogen functional groups attached to an aromatic ring is 1. The highest BCUT2D eigenvalue weighted by Gasteiger charge is 2.04. The van der Waals surface area contributed by atoms with Gasteiger partial charge in [0.1, 0.15) is 5.82 Å². The lowest BCUT2D eigenvalue weighted by molar-refractivity contribution is 0.680. The molecule has 1 aromatic carbocycles. The molecule has 0 unspecified atom stereocenters. The van der Waals surface area contributed by atoms with E-state index in [1.54, 1.807) is 6.20 Å². The first-order valence-electron chi connectivity index (χ1n) is 7.11. The third kappa shape index (κ3) is 3.13. The maximum atomic E-state index is 5.86. The summed E-state index contributed by atoms with van der Waals surface area (Å²) in [5.41, 5.74) is 9.41. The Morgan fingerprint density at radius 2 is 1.71 bits per heavy atom. The standard InChI is InChI=1S/C16H19N5/c1-2-15-12-21(19-16(15)17)11-14-6-4-13(5-7-14)10-20-9-3-8-18-20/h3-9,12H,2,10-11H2,1H3,(H2,17,19). The lowest BCUT2D eigenvalue weighted by atomic mass is 10.1. The summed E-state index contributed by atoms with van der Waals surface area (Å²) < 4.78 is 3.81. The predicted octanol–water partition coefficient (Wildman–Crippen LogP) is 2.32. The first-order valence-corrected chi connectivity index (χ1v) is 7.11. The van der Waals surface area contributed by atoms with Crippen LogP contribution in [0.4, 0.5) is 5.82 Å². The van der Waals surface area contributed by atoms with Crippen LogP contribution in [0.3, 0.4) is 0 Å². The zero-order valence-corrected chi connectivity index (χ0v) is 12.1. The van der Waals surface area contributed by atoms with Crippen molar-refractivity contribution in [2.24, 2.45) is 0 Å². The molecule has 0 radical (unpaired) electrons. The van der Waals surface area contributed by atoms with E-state index < -0.39 is 0 Å². The van der Waals surface area contributed by atoms with Gasteiger partial charge in [0.05, 0.1) is 13.1 Å². The SMILES string of the molecule is CCc1cn(Cc2ccc(Cn3cccn3)cc2)nc1N. The van der Waals surface area contributed by atoms with Crippen LogP contribution in [0.2, 0.25) is 0 Å². The van der Waals surface area contributed by atoms with Gasteiger partial charge in [0.15, 0.2) is 0 Å². The van der Waals surface area contributed by atoms with Crippen molar-refractivity contribution in [3.05, 3.63) is 65.6 Å². The summed E-state index contributed by atoms with van der Waals surface area (Å²) in [6, 6.07) is 10.4. The van der Waals surface area contributed by atoms with E-state index >= 15 is 0 Å². The highest BCUT2D eigenvalue weighted by Crippen LogP contribution is 2.12. The van der Waals surface area contributed by atoms with Crippen LogP contribution in [0, 0.1) is 0 Å². The third-order valence-corrected chi connectivity index (χ3v) is 3.52. The van der Waals surface area contributed by atoms with Crippen LogP contribution in [-0.4, -0.2) is 19.6 Å². The highest BCUT2D eigenvalue weighted by atomic mass is 15.3. The van der Waals surface area contributed by atoms with Gasteiger partial charge in [-0.2, -0.15) is 10.2 Å². The molecule has 108 valence electrons. The van der Waals surface area contributed by atoms with Gasteiger partial charge in [-0.1, -0.05) is 31.2 Å². The minimum absolute atomic E-state index is 0.632. The molecule has 21 heavy (non-hydrogen) atoms. The molecule has 0 spiro atoms. The summed E-state index contributed by atoms with van der Waals surface area (Å²) in [7, 11) is 0. The molecule has 0 aliphatic rings. The first kappa shape index (κ1) is 13.4. The van der Waals surface area contributed by atoms with E-state index in [-0.39, 0.29) is 0 Å². The van der Waals surface area contributed by atoms with Crippen molar-refractivity contribution in [1.29, 1.82) is 0 Å². The Kier molecular flexibility index (Phi) is 3.73. The van der Waals surface area contributed by atoms with Crippen molar-refractivity contribution < 1.29 is 0 Å². The van der Waals surface area contributed by atoms with E-state index in [9.17, 15) is 0 Å². The molecule has 2 aromatic heterocycles. The number of anilines is 1. The second-order valence-electron chi connectivity index (χ2n) is 5.11. The van der Waals surface area contributed by atoms with Crippen molar-refractivity contribution in [2.75, 3.05) is 5.73 Å². The van der Waals surface area contributed by atoms with Gasteiger partial charge in [0.25, 0.3) is 0 Å². The summed E-state index contributed by atoms with van der Waals surface area (Å²) >= 11 is 0. The van der Waals surface area contributed by atoms with Crippen LogP contribution < -0.4 is 5.73 Å². The molecule has 0 amide bonds. The van der Waals surface area contributed by atoms with Crippen molar-refractivity contribution >= 4 is 5.82 Å². The average molecular weight is 281 g/mol. The zero-order chi connectivity index (χ0) is 14.7. The minimum atomic E-state index is 0.632. The molecule has 5 nitrogen and oxygen atoms in total. The van der Waals surface area contributed by atoms with E-state index in [1.165, 1.54) is 11.1 Å². The van der Waals surface area contributed by atoms with Gasteiger partial charge in [-0.05, 0) is 23.6 Å². The Morgan fingerprint density at radius 3 is 2.24 bits per heavy atom. The second kappa shape index (κ2) is 5.83.